The lowest BCUT2D eigenvalue weighted by Crippen LogP contribution is -2.53. The molecule has 0 amide bonds. The van der Waals surface area contributed by atoms with E-state index in [2.05, 4.69) is 10.3 Å². The Hall–Kier alpha value is -2.73. The number of methoxy groups -OCH3 is 1. The Kier molecular flexibility index (Phi) is 2.65. The van der Waals surface area contributed by atoms with Crippen molar-refractivity contribution in [1.29, 1.82) is 0 Å². The van der Waals surface area contributed by atoms with Gasteiger partial charge in [-0.2, -0.15) is 5.11 Å². The number of ketones is 1. The van der Waals surface area contributed by atoms with Crippen LogP contribution < -0.4 is 9.75 Å². The van der Waals surface area contributed by atoms with E-state index in [0.29, 0.717) is 22.6 Å². The monoisotopic (exact) mass is 309 g/mol. The number of hydrogen-bond acceptors (Lipinski definition) is 6. The van der Waals surface area contributed by atoms with Gasteiger partial charge in [0.1, 0.15) is 5.75 Å². The Labute approximate surface area is 133 Å². The summed E-state index contributed by atoms with van der Waals surface area (Å²) in [5.41, 5.74) is -1.35. The van der Waals surface area contributed by atoms with Crippen LogP contribution in [0.2, 0.25) is 0 Å². The fourth-order valence-corrected chi connectivity index (χ4v) is 3.26. The highest BCUT2D eigenvalue weighted by atomic mass is 16.5. The van der Waals surface area contributed by atoms with Crippen molar-refractivity contribution < 1.29 is 14.6 Å². The summed E-state index contributed by atoms with van der Waals surface area (Å²) in [5.74, 6) is 0.470. The second kappa shape index (κ2) is 4.39. The predicted octanol–water partition coefficient (Wildman–Crippen LogP) is 2.68. The molecule has 1 aliphatic carbocycles. The van der Waals surface area contributed by atoms with Crippen molar-refractivity contribution in [2.24, 2.45) is 10.3 Å². The van der Waals surface area contributed by atoms with Crippen LogP contribution in [0.4, 0.5) is 5.69 Å². The van der Waals surface area contributed by atoms with E-state index in [1.165, 1.54) is 5.01 Å². The molecule has 2 atom stereocenters. The molecule has 0 spiro atoms. The first-order chi connectivity index (χ1) is 11.0. The van der Waals surface area contributed by atoms with Crippen molar-refractivity contribution in [3.8, 4) is 5.75 Å². The largest absolute Gasteiger partial charge is 0.497 e. The zero-order chi connectivity index (χ0) is 16.2. The highest BCUT2D eigenvalue weighted by Gasteiger charge is 2.68. The fourth-order valence-electron chi connectivity index (χ4n) is 3.26. The molecule has 2 unspecified atom stereocenters. The number of rotatable bonds is 2. The molecule has 6 heteroatoms. The fraction of sp³-hybridized carbons (Fsp3) is 0.235. The molecule has 23 heavy (non-hydrogen) atoms. The number of fused-ring (bicyclic) bond motifs is 3. The summed E-state index contributed by atoms with van der Waals surface area (Å²) in [5, 5.41) is 21.0. The molecule has 0 saturated heterocycles. The normalized spacial score (nSPS) is 28.0. The molecule has 2 aromatic carbocycles. The van der Waals surface area contributed by atoms with Gasteiger partial charge in [-0.1, -0.05) is 29.5 Å². The molecule has 1 N–H and O–H groups in total. The van der Waals surface area contributed by atoms with E-state index in [4.69, 9.17) is 4.74 Å². The van der Waals surface area contributed by atoms with Crippen LogP contribution in [0.3, 0.4) is 0 Å². The number of ether oxygens (including phenoxy) is 1. The summed E-state index contributed by atoms with van der Waals surface area (Å²) >= 11 is 0. The zero-order valence-corrected chi connectivity index (χ0v) is 12.7. The van der Waals surface area contributed by atoms with Gasteiger partial charge in [0, 0.05) is 11.1 Å². The third-order valence-electron chi connectivity index (χ3n) is 4.63. The van der Waals surface area contributed by atoms with E-state index in [9.17, 15) is 9.90 Å². The first-order valence-electron chi connectivity index (χ1n) is 7.26. The van der Waals surface area contributed by atoms with Gasteiger partial charge in [-0.3, -0.25) is 4.79 Å². The highest BCUT2D eigenvalue weighted by molar-refractivity contribution is 6.10. The topological polar surface area (TPSA) is 74.5 Å². The van der Waals surface area contributed by atoms with Gasteiger partial charge in [0.2, 0.25) is 5.72 Å². The maximum atomic E-state index is 12.7. The van der Waals surface area contributed by atoms with Gasteiger partial charge >= 0.3 is 0 Å². The molecular formula is C17H15N3O3. The van der Waals surface area contributed by atoms with Crippen LogP contribution in [0.15, 0.2) is 58.9 Å². The molecule has 1 heterocycles. The number of Topliss-reactive ketones (excluding diaryl/α,β-unsaturated/α-hetero) is 1. The standard InChI is InChI=1S/C17H15N3O3/c1-16-15(21)13-5-3-4-6-14(13)17(16,22)20(19-18-16)11-7-9-12(23-2)10-8-11/h3-10,22H,1-2H3. The Balaban J connectivity index is 1.88. The van der Waals surface area contributed by atoms with Crippen molar-refractivity contribution >= 4 is 11.5 Å². The summed E-state index contributed by atoms with van der Waals surface area (Å²) in [6.45, 7) is 1.61. The molecule has 0 radical (unpaired) electrons. The van der Waals surface area contributed by atoms with Crippen molar-refractivity contribution in [2.75, 3.05) is 12.1 Å². The van der Waals surface area contributed by atoms with Crippen LogP contribution in [-0.4, -0.2) is 23.5 Å². The van der Waals surface area contributed by atoms with Crippen molar-refractivity contribution in [3.63, 3.8) is 0 Å². The molecule has 0 bridgehead atoms. The molecule has 0 fully saturated rings. The van der Waals surface area contributed by atoms with Gasteiger partial charge in [-0.05, 0) is 31.2 Å². The minimum atomic E-state index is -1.63. The summed E-state index contributed by atoms with van der Waals surface area (Å²) in [4.78, 5) is 12.7. The van der Waals surface area contributed by atoms with Crippen LogP contribution in [0.1, 0.15) is 22.8 Å². The van der Waals surface area contributed by atoms with Crippen LogP contribution in [0, 0.1) is 0 Å². The number of hydrogen-bond donors (Lipinski definition) is 1. The average molecular weight is 309 g/mol. The smallest absolute Gasteiger partial charge is 0.221 e. The van der Waals surface area contributed by atoms with Crippen molar-refractivity contribution in [3.05, 3.63) is 59.7 Å². The van der Waals surface area contributed by atoms with Crippen molar-refractivity contribution in [2.45, 2.75) is 18.2 Å². The first kappa shape index (κ1) is 13.9. The summed E-state index contributed by atoms with van der Waals surface area (Å²) < 4.78 is 5.15. The van der Waals surface area contributed by atoms with Crippen molar-refractivity contribution in [1.82, 2.24) is 0 Å². The SMILES string of the molecule is COc1ccc(N2N=NC3(C)C(=O)c4ccccc4C23O)cc1. The lowest BCUT2D eigenvalue weighted by molar-refractivity contribution is 0.000888. The number of benzene rings is 2. The first-order valence-corrected chi connectivity index (χ1v) is 7.26. The molecular weight excluding hydrogens is 294 g/mol. The summed E-state index contributed by atoms with van der Waals surface area (Å²) in [6.07, 6.45) is 0. The van der Waals surface area contributed by atoms with Gasteiger partial charge < -0.3 is 9.84 Å². The van der Waals surface area contributed by atoms with Gasteiger partial charge in [0.15, 0.2) is 11.3 Å². The van der Waals surface area contributed by atoms with E-state index in [1.807, 2.05) is 0 Å². The third-order valence-corrected chi connectivity index (χ3v) is 4.63. The average Bonchev–Trinajstić information content (AvgIpc) is 2.95. The van der Waals surface area contributed by atoms with E-state index < -0.39 is 11.3 Å². The molecule has 2 aromatic rings. The van der Waals surface area contributed by atoms with Crippen LogP contribution >= 0.6 is 0 Å². The molecule has 1 aliphatic heterocycles. The van der Waals surface area contributed by atoms with Gasteiger partial charge in [-0.15, -0.1) is 0 Å². The maximum Gasteiger partial charge on any atom is 0.221 e. The van der Waals surface area contributed by atoms with E-state index >= 15 is 0 Å². The Morgan fingerprint density at radius 3 is 2.52 bits per heavy atom. The van der Waals surface area contributed by atoms with Crippen LogP contribution in [-0.2, 0) is 5.72 Å². The summed E-state index contributed by atoms with van der Waals surface area (Å²) in [7, 11) is 1.58. The van der Waals surface area contributed by atoms with Gasteiger partial charge in [-0.25, -0.2) is 5.01 Å². The lowest BCUT2D eigenvalue weighted by Gasteiger charge is -2.35. The van der Waals surface area contributed by atoms with Crippen LogP contribution in [0.25, 0.3) is 0 Å². The minimum absolute atomic E-state index is 0.227. The molecule has 4 rings (SSSR count). The quantitative estimate of drug-likeness (QED) is 0.925. The molecule has 2 aliphatic rings. The Morgan fingerprint density at radius 2 is 1.83 bits per heavy atom. The molecule has 116 valence electrons. The van der Waals surface area contributed by atoms with Crippen LogP contribution in [0.5, 0.6) is 5.75 Å². The lowest BCUT2D eigenvalue weighted by atomic mass is 9.89. The Morgan fingerprint density at radius 1 is 1.13 bits per heavy atom. The molecule has 6 nitrogen and oxygen atoms in total. The second-order valence-electron chi connectivity index (χ2n) is 5.82. The number of carbonyl (C=O) groups excluding carboxylic acids is 1. The summed E-state index contributed by atoms with van der Waals surface area (Å²) in [6, 6.07) is 14.1. The number of carbonyl (C=O) groups is 1. The van der Waals surface area contributed by atoms with E-state index in [-0.39, 0.29) is 5.78 Å². The zero-order valence-electron chi connectivity index (χ0n) is 12.7. The molecule has 0 aromatic heterocycles. The van der Waals surface area contributed by atoms with Gasteiger partial charge in [0.25, 0.3) is 0 Å². The van der Waals surface area contributed by atoms with E-state index in [1.54, 1.807) is 62.6 Å². The minimum Gasteiger partial charge on any atom is -0.497 e. The number of nitrogens with zero attached hydrogens (tertiary/aromatic N) is 3. The Bertz CT molecular complexity index is 833. The second-order valence-corrected chi connectivity index (χ2v) is 5.82. The predicted molar refractivity (Wildman–Crippen MR) is 83.4 cm³/mol. The number of anilines is 1. The van der Waals surface area contributed by atoms with Gasteiger partial charge in [0.05, 0.1) is 12.8 Å². The maximum absolute atomic E-state index is 12.7. The van der Waals surface area contributed by atoms with E-state index in [0.717, 1.165) is 0 Å². The number of aliphatic hydroxyl groups is 1. The third kappa shape index (κ3) is 1.53. The highest BCUT2D eigenvalue weighted by Crippen LogP contribution is 2.53. The molecule has 0 saturated carbocycles.